The lowest BCUT2D eigenvalue weighted by Gasteiger charge is -2.07. The Balaban J connectivity index is 3.13. The quantitative estimate of drug-likeness (QED) is 0.642. The number of nitrogen functional groups attached to an aromatic ring is 1. The molecular weight excluding hydrogens is 134 g/mol. The molecule has 0 bridgehead atoms. The highest BCUT2D eigenvalue weighted by Gasteiger charge is 2.00. The lowest BCUT2D eigenvalue weighted by molar-refractivity contribution is 1.04. The van der Waals surface area contributed by atoms with E-state index in [1.807, 2.05) is 12.1 Å². The van der Waals surface area contributed by atoms with Crippen LogP contribution in [0, 0.1) is 0 Å². The summed E-state index contributed by atoms with van der Waals surface area (Å²) in [6.07, 6.45) is 2.12. The third kappa shape index (κ3) is 1.53. The van der Waals surface area contributed by atoms with Crippen molar-refractivity contribution in [1.82, 2.24) is 0 Å². The number of nitrogens with two attached hydrogens (primary N) is 1. The van der Waals surface area contributed by atoms with E-state index in [1.165, 1.54) is 11.1 Å². The largest absolute Gasteiger partial charge is 0.398 e. The first-order chi connectivity index (χ1) is 5.29. The van der Waals surface area contributed by atoms with Crippen LogP contribution in [-0.4, -0.2) is 0 Å². The first-order valence-corrected chi connectivity index (χ1v) is 4.15. The fraction of sp³-hybridized carbons (Fsp3) is 0.400. The Hall–Kier alpha value is -0.980. The fourth-order valence-corrected chi connectivity index (χ4v) is 1.42. The van der Waals surface area contributed by atoms with Gasteiger partial charge in [-0.3, -0.25) is 0 Å². The average Bonchev–Trinajstić information content (AvgIpc) is 2.04. The zero-order valence-corrected chi connectivity index (χ0v) is 7.22. The summed E-state index contributed by atoms with van der Waals surface area (Å²) in [5.41, 5.74) is 9.44. The molecule has 2 N–H and O–H groups in total. The van der Waals surface area contributed by atoms with Gasteiger partial charge in [0.25, 0.3) is 0 Å². The molecule has 1 rings (SSSR count). The first-order valence-electron chi connectivity index (χ1n) is 4.15. The summed E-state index contributed by atoms with van der Waals surface area (Å²) < 4.78 is 0. The number of aryl methyl sites for hydroxylation is 1. The van der Waals surface area contributed by atoms with Crippen molar-refractivity contribution in [2.24, 2.45) is 0 Å². The summed E-state index contributed by atoms with van der Waals surface area (Å²) in [7, 11) is 0. The number of hydrogen-bond acceptors (Lipinski definition) is 1. The third-order valence-corrected chi connectivity index (χ3v) is 2.04. The van der Waals surface area contributed by atoms with Crippen molar-refractivity contribution < 1.29 is 0 Å². The maximum Gasteiger partial charge on any atom is 0.0349 e. The van der Waals surface area contributed by atoms with E-state index < -0.39 is 0 Å². The Morgan fingerprint density at radius 1 is 1.18 bits per heavy atom. The number of rotatable bonds is 2. The molecule has 0 heterocycles. The molecule has 1 aromatic rings. The summed E-state index contributed by atoms with van der Waals surface area (Å²) >= 11 is 0. The molecule has 0 amide bonds. The van der Waals surface area contributed by atoms with E-state index in [0.29, 0.717) is 0 Å². The van der Waals surface area contributed by atoms with E-state index >= 15 is 0 Å². The maximum absolute atomic E-state index is 5.81. The van der Waals surface area contributed by atoms with Crippen LogP contribution in [-0.2, 0) is 12.8 Å². The van der Waals surface area contributed by atoms with Crippen molar-refractivity contribution >= 4 is 5.69 Å². The maximum atomic E-state index is 5.81. The predicted octanol–water partition coefficient (Wildman–Crippen LogP) is 2.39. The van der Waals surface area contributed by atoms with Crippen molar-refractivity contribution in [3.8, 4) is 0 Å². The van der Waals surface area contributed by atoms with Gasteiger partial charge in [-0.2, -0.15) is 0 Å². The van der Waals surface area contributed by atoms with Crippen LogP contribution in [0.4, 0.5) is 5.69 Å². The van der Waals surface area contributed by atoms with Crippen LogP contribution in [0.2, 0.25) is 0 Å². The molecular formula is C10H15N. The highest BCUT2D eigenvalue weighted by atomic mass is 14.6. The fourth-order valence-electron chi connectivity index (χ4n) is 1.42. The van der Waals surface area contributed by atoms with Gasteiger partial charge in [0.05, 0.1) is 0 Å². The van der Waals surface area contributed by atoms with Gasteiger partial charge in [0.1, 0.15) is 0 Å². The zero-order chi connectivity index (χ0) is 8.27. The standard InChI is InChI=1S/C10H15N/c1-3-8-6-5-7-10(11)9(8)4-2/h5-7H,3-4,11H2,1-2H3. The van der Waals surface area contributed by atoms with E-state index in [4.69, 9.17) is 5.73 Å². The normalized spacial score (nSPS) is 10.0. The second-order valence-electron chi connectivity index (χ2n) is 2.69. The molecule has 0 fully saturated rings. The molecule has 0 aliphatic rings. The molecule has 0 saturated heterocycles. The smallest absolute Gasteiger partial charge is 0.0349 e. The zero-order valence-electron chi connectivity index (χ0n) is 7.22. The van der Waals surface area contributed by atoms with Gasteiger partial charge < -0.3 is 5.73 Å². The molecule has 0 aliphatic heterocycles. The molecule has 0 aromatic heterocycles. The average molecular weight is 149 g/mol. The second kappa shape index (κ2) is 3.42. The molecule has 60 valence electrons. The lowest BCUT2D eigenvalue weighted by Crippen LogP contribution is -1.97. The first kappa shape index (κ1) is 8.12. The summed E-state index contributed by atoms with van der Waals surface area (Å²) in [6.45, 7) is 4.30. The second-order valence-corrected chi connectivity index (χ2v) is 2.69. The topological polar surface area (TPSA) is 26.0 Å². The Morgan fingerprint density at radius 2 is 1.91 bits per heavy atom. The molecule has 1 aromatic carbocycles. The highest BCUT2D eigenvalue weighted by molar-refractivity contribution is 5.50. The molecule has 1 nitrogen and oxygen atoms in total. The van der Waals surface area contributed by atoms with Gasteiger partial charge >= 0.3 is 0 Å². The van der Waals surface area contributed by atoms with Crippen molar-refractivity contribution in [3.63, 3.8) is 0 Å². The lowest BCUT2D eigenvalue weighted by atomic mass is 10.0. The summed E-state index contributed by atoms with van der Waals surface area (Å²) in [4.78, 5) is 0. The molecule has 0 spiro atoms. The summed E-state index contributed by atoms with van der Waals surface area (Å²) in [5, 5.41) is 0. The van der Waals surface area contributed by atoms with Crippen LogP contribution in [0.15, 0.2) is 18.2 Å². The van der Waals surface area contributed by atoms with Crippen LogP contribution in [0.3, 0.4) is 0 Å². The highest BCUT2D eigenvalue weighted by Crippen LogP contribution is 2.17. The summed E-state index contributed by atoms with van der Waals surface area (Å²) in [5.74, 6) is 0. The third-order valence-electron chi connectivity index (χ3n) is 2.04. The number of hydrogen-bond donors (Lipinski definition) is 1. The Morgan fingerprint density at radius 3 is 2.36 bits per heavy atom. The van der Waals surface area contributed by atoms with E-state index in [9.17, 15) is 0 Å². The van der Waals surface area contributed by atoms with Gasteiger partial charge in [-0.05, 0) is 30.0 Å². The van der Waals surface area contributed by atoms with Crippen molar-refractivity contribution in [1.29, 1.82) is 0 Å². The number of benzene rings is 1. The van der Waals surface area contributed by atoms with E-state index in [2.05, 4.69) is 19.9 Å². The SMILES string of the molecule is CCc1cccc(N)c1CC. The van der Waals surface area contributed by atoms with Crippen LogP contribution in [0.5, 0.6) is 0 Å². The van der Waals surface area contributed by atoms with E-state index in [-0.39, 0.29) is 0 Å². The van der Waals surface area contributed by atoms with Crippen LogP contribution >= 0.6 is 0 Å². The van der Waals surface area contributed by atoms with Crippen molar-refractivity contribution in [2.45, 2.75) is 26.7 Å². The van der Waals surface area contributed by atoms with Crippen LogP contribution in [0.25, 0.3) is 0 Å². The van der Waals surface area contributed by atoms with Gasteiger partial charge in [-0.25, -0.2) is 0 Å². The van der Waals surface area contributed by atoms with E-state index in [1.54, 1.807) is 0 Å². The molecule has 0 saturated carbocycles. The number of anilines is 1. The molecule has 0 aliphatic carbocycles. The van der Waals surface area contributed by atoms with Crippen LogP contribution < -0.4 is 5.73 Å². The Bertz CT molecular complexity index is 241. The minimum absolute atomic E-state index is 0.937. The Kier molecular flexibility index (Phi) is 2.53. The molecule has 1 heteroatoms. The molecule has 0 unspecified atom stereocenters. The van der Waals surface area contributed by atoms with E-state index in [0.717, 1.165) is 18.5 Å². The molecule has 0 atom stereocenters. The Labute approximate surface area is 68.2 Å². The predicted molar refractivity (Wildman–Crippen MR) is 49.6 cm³/mol. The minimum atomic E-state index is 0.937. The van der Waals surface area contributed by atoms with Gasteiger partial charge in [0.15, 0.2) is 0 Å². The molecule has 0 radical (unpaired) electrons. The van der Waals surface area contributed by atoms with Gasteiger partial charge in [0.2, 0.25) is 0 Å². The van der Waals surface area contributed by atoms with Crippen molar-refractivity contribution in [3.05, 3.63) is 29.3 Å². The van der Waals surface area contributed by atoms with Crippen LogP contribution in [0.1, 0.15) is 25.0 Å². The molecule has 11 heavy (non-hydrogen) atoms. The van der Waals surface area contributed by atoms with Gasteiger partial charge in [0, 0.05) is 5.69 Å². The van der Waals surface area contributed by atoms with Crippen molar-refractivity contribution in [2.75, 3.05) is 5.73 Å². The summed E-state index contributed by atoms with van der Waals surface area (Å²) in [6, 6.07) is 6.14. The van der Waals surface area contributed by atoms with Gasteiger partial charge in [-0.1, -0.05) is 26.0 Å². The van der Waals surface area contributed by atoms with Gasteiger partial charge in [-0.15, -0.1) is 0 Å². The monoisotopic (exact) mass is 149 g/mol. The minimum Gasteiger partial charge on any atom is -0.398 e.